The number of fused-ring (bicyclic) bond motifs is 1. The van der Waals surface area contributed by atoms with Crippen LogP contribution >= 0.6 is 23.2 Å². The summed E-state index contributed by atoms with van der Waals surface area (Å²) in [4.78, 5) is 4.92. The number of nitrogens with zero attached hydrogens (tertiary/aromatic N) is 2. The van der Waals surface area contributed by atoms with Gasteiger partial charge in [0, 0.05) is 17.8 Å². The Morgan fingerprint density at radius 1 is 1.00 bits per heavy atom. The highest BCUT2D eigenvalue weighted by molar-refractivity contribution is 6.36. The van der Waals surface area contributed by atoms with Gasteiger partial charge in [0.15, 0.2) is 5.65 Å². The highest BCUT2D eigenvalue weighted by Gasteiger charge is 2.52. The number of pyridine rings is 1. The van der Waals surface area contributed by atoms with Crippen LogP contribution in [0.2, 0.25) is 10.0 Å². The molecule has 110 valence electrons. The summed E-state index contributed by atoms with van der Waals surface area (Å²) in [6.07, 6.45) is 12.5. The van der Waals surface area contributed by atoms with Gasteiger partial charge < -0.3 is 4.40 Å². The van der Waals surface area contributed by atoms with Gasteiger partial charge in [0.25, 0.3) is 0 Å². The van der Waals surface area contributed by atoms with Crippen LogP contribution in [0, 0.1) is 17.8 Å². The molecule has 21 heavy (non-hydrogen) atoms. The molecule has 2 aromatic heterocycles. The maximum absolute atomic E-state index is 6.32. The van der Waals surface area contributed by atoms with Gasteiger partial charge in [0.2, 0.25) is 0 Å². The molecule has 0 spiro atoms. The zero-order valence-corrected chi connectivity index (χ0v) is 13.4. The molecule has 4 bridgehead atoms. The van der Waals surface area contributed by atoms with Crippen molar-refractivity contribution in [1.82, 2.24) is 9.38 Å². The predicted molar refractivity (Wildman–Crippen MR) is 85.1 cm³/mol. The molecule has 0 atom stereocenters. The average Bonchev–Trinajstić information content (AvgIpc) is 2.82. The van der Waals surface area contributed by atoms with Gasteiger partial charge >= 0.3 is 0 Å². The van der Waals surface area contributed by atoms with Crippen LogP contribution in [-0.2, 0) is 5.41 Å². The number of hydrogen-bond acceptors (Lipinski definition) is 1. The van der Waals surface area contributed by atoms with Crippen molar-refractivity contribution >= 4 is 28.8 Å². The number of aromatic nitrogens is 2. The van der Waals surface area contributed by atoms with E-state index >= 15 is 0 Å². The summed E-state index contributed by atoms with van der Waals surface area (Å²) >= 11 is 12.4. The number of hydrogen-bond donors (Lipinski definition) is 0. The lowest BCUT2D eigenvalue weighted by Crippen LogP contribution is -2.48. The van der Waals surface area contributed by atoms with Crippen LogP contribution < -0.4 is 0 Å². The van der Waals surface area contributed by atoms with Gasteiger partial charge in [-0.05, 0) is 62.3 Å². The monoisotopic (exact) mass is 320 g/mol. The summed E-state index contributed by atoms with van der Waals surface area (Å²) in [5.41, 5.74) is 2.42. The molecular formula is C17H18Cl2N2. The predicted octanol–water partition coefficient (Wildman–Crippen LogP) is 5.11. The van der Waals surface area contributed by atoms with E-state index in [9.17, 15) is 0 Å². The second-order valence-electron chi connectivity index (χ2n) is 7.56. The molecule has 0 N–H and O–H groups in total. The molecule has 4 saturated carbocycles. The van der Waals surface area contributed by atoms with Gasteiger partial charge in [0.05, 0.1) is 15.7 Å². The van der Waals surface area contributed by atoms with E-state index in [1.54, 1.807) is 6.07 Å². The Kier molecular flexibility index (Phi) is 2.54. The summed E-state index contributed by atoms with van der Waals surface area (Å²) in [5, 5.41) is 1.32. The van der Waals surface area contributed by atoms with Crippen LogP contribution in [0.25, 0.3) is 5.65 Å². The van der Waals surface area contributed by atoms with Crippen LogP contribution in [0.5, 0.6) is 0 Å². The highest BCUT2D eigenvalue weighted by atomic mass is 35.5. The Balaban J connectivity index is 1.65. The molecule has 2 nitrogen and oxygen atoms in total. The lowest BCUT2D eigenvalue weighted by molar-refractivity contribution is -0.00697. The maximum atomic E-state index is 6.32. The van der Waals surface area contributed by atoms with E-state index in [1.807, 2.05) is 10.6 Å². The fourth-order valence-electron chi connectivity index (χ4n) is 5.70. The third-order valence-corrected chi connectivity index (χ3v) is 6.54. The van der Waals surface area contributed by atoms with Gasteiger partial charge in [0.1, 0.15) is 0 Å². The summed E-state index contributed by atoms with van der Waals surface area (Å²) in [7, 11) is 0. The minimum absolute atomic E-state index is 0.316. The van der Waals surface area contributed by atoms with Gasteiger partial charge in [-0.25, -0.2) is 4.98 Å². The second-order valence-corrected chi connectivity index (χ2v) is 8.40. The van der Waals surface area contributed by atoms with E-state index in [4.69, 9.17) is 28.2 Å². The average molecular weight is 321 g/mol. The van der Waals surface area contributed by atoms with Gasteiger partial charge in [-0.1, -0.05) is 23.2 Å². The molecule has 4 heteroatoms. The van der Waals surface area contributed by atoms with Crippen molar-refractivity contribution in [2.45, 2.75) is 43.9 Å². The van der Waals surface area contributed by atoms with E-state index in [0.717, 1.165) is 23.4 Å². The van der Waals surface area contributed by atoms with Gasteiger partial charge in [-0.3, -0.25) is 0 Å². The fraction of sp³-hybridized carbons (Fsp3) is 0.588. The van der Waals surface area contributed by atoms with E-state index in [1.165, 1.54) is 44.2 Å². The molecule has 4 aliphatic rings. The normalized spacial score (nSPS) is 37.5. The molecule has 4 aliphatic carbocycles. The number of halogens is 2. The second kappa shape index (κ2) is 4.17. The SMILES string of the molecule is Clc1cc(Cl)c2nc(C34CC5CC(CC(C5)C3)C4)cn2c1. The third-order valence-electron chi connectivity index (χ3n) is 6.05. The first-order valence-corrected chi connectivity index (χ1v) is 8.71. The standard InChI is InChI=1S/C17H18Cl2N2/c18-13-4-14(19)16-20-15(9-21(16)8-13)17-5-10-1-11(6-17)3-12(2-10)7-17/h4,8-12H,1-3,5-7H2. The molecule has 0 aromatic carbocycles. The van der Waals surface area contributed by atoms with Gasteiger partial charge in [-0.2, -0.15) is 0 Å². The molecule has 0 aliphatic heterocycles. The summed E-state index contributed by atoms with van der Waals surface area (Å²) in [6.45, 7) is 0. The topological polar surface area (TPSA) is 17.3 Å². The quantitative estimate of drug-likeness (QED) is 0.713. The lowest BCUT2D eigenvalue weighted by Gasteiger charge is -2.56. The summed E-state index contributed by atoms with van der Waals surface area (Å²) in [6, 6.07) is 1.79. The van der Waals surface area contributed by atoms with Crippen molar-refractivity contribution in [3.63, 3.8) is 0 Å². The minimum atomic E-state index is 0.316. The van der Waals surface area contributed by atoms with E-state index in [-0.39, 0.29) is 0 Å². The fourth-order valence-corrected chi connectivity index (χ4v) is 6.23. The van der Waals surface area contributed by atoms with Crippen molar-refractivity contribution in [3.05, 3.63) is 34.2 Å². The Morgan fingerprint density at radius 3 is 2.24 bits per heavy atom. The molecule has 0 radical (unpaired) electrons. The Hall–Kier alpha value is -0.730. The molecule has 4 fully saturated rings. The zero-order chi connectivity index (χ0) is 14.2. The molecule has 6 rings (SSSR count). The van der Waals surface area contributed by atoms with Crippen LogP contribution in [0.4, 0.5) is 0 Å². The van der Waals surface area contributed by atoms with Crippen molar-refractivity contribution in [1.29, 1.82) is 0 Å². The van der Waals surface area contributed by atoms with Crippen molar-refractivity contribution < 1.29 is 0 Å². The zero-order valence-electron chi connectivity index (χ0n) is 11.9. The highest BCUT2D eigenvalue weighted by Crippen LogP contribution is 2.60. The minimum Gasteiger partial charge on any atom is -0.304 e. The van der Waals surface area contributed by atoms with Crippen LogP contribution in [0.1, 0.15) is 44.2 Å². The van der Waals surface area contributed by atoms with Crippen molar-refractivity contribution in [2.75, 3.05) is 0 Å². The van der Waals surface area contributed by atoms with Crippen molar-refractivity contribution in [3.8, 4) is 0 Å². The summed E-state index contributed by atoms with van der Waals surface area (Å²) in [5.74, 6) is 2.79. The third kappa shape index (κ3) is 1.82. The number of imidazole rings is 1. The lowest BCUT2D eigenvalue weighted by atomic mass is 9.49. The first-order valence-electron chi connectivity index (χ1n) is 7.95. The largest absolute Gasteiger partial charge is 0.304 e. The van der Waals surface area contributed by atoms with E-state index < -0.39 is 0 Å². The molecule has 2 aromatic rings. The van der Waals surface area contributed by atoms with Crippen LogP contribution in [0.15, 0.2) is 18.5 Å². The maximum Gasteiger partial charge on any atom is 0.155 e. The van der Waals surface area contributed by atoms with Crippen LogP contribution in [-0.4, -0.2) is 9.38 Å². The van der Waals surface area contributed by atoms with Crippen molar-refractivity contribution in [2.24, 2.45) is 17.8 Å². The summed E-state index contributed by atoms with van der Waals surface area (Å²) < 4.78 is 2.01. The van der Waals surface area contributed by atoms with Gasteiger partial charge in [-0.15, -0.1) is 0 Å². The molecule has 0 unspecified atom stereocenters. The van der Waals surface area contributed by atoms with E-state index in [0.29, 0.717) is 15.5 Å². The molecule has 0 amide bonds. The van der Waals surface area contributed by atoms with Crippen LogP contribution in [0.3, 0.4) is 0 Å². The first kappa shape index (κ1) is 12.8. The smallest absolute Gasteiger partial charge is 0.155 e. The first-order chi connectivity index (χ1) is 10.1. The molecular weight excluding hydrogens is 303 g/mol. The molecule has 2 heterocycles. The Morgan fingerprint density at radius 2 is 1.62 bits per heavy atom. The Labute approximate surface area is 134 Å². The Bertz CT molecular complexity index is 698. The molecule has 0 saturated heterocycles. The number of rotatable bonds is 1. The van der Waals surface area contributed by atoms with E-state index in [2.05, 4.69) is 6.20 Å².